The molecular formula is C19H25N5O8S. The third kappa shape index (κ3) is 9.30. The Hall–Kier alpha value is -4.07. The van der Waals surface area contributed by atoms with Gasteiger partial charge in [-0.25, -0.2) is 5.01 Å². The van der Waals surface area contributed by atoms with Crippen molar-refractivity contribution in [3.8, 4) is 17.2 Å². The van der Waals surface area contributed by atoms with Gasteiger partial charge in [0.05, 0.1) is 13.7 Å². The Morgan fingerprint density at radius 1 is 1.30 bits per heavy atom. The summed E-state index contributed by atoms with van der Waals surface area (Å²) in [6.07, 6.45) is 0.530. The van der Waals surface area contributed by atoms with E-state index in [-0.39, 0.29) is 22.4 Å². The lowest BCUT2D eigenvalue weighted by Gasteiger charge is -2.16. The predicted molar refractivity (Wildman–Crippen MR) is 119 cm³/mol. The van der Waals surface area contributed by atoms with E-state index in [9.17, 15) is 8.42 Å². The lowest BCUT2D eigenvalue weighted by atomic mass is 10.2. The maximum Gasteiger partial charge on any atom is 0.342 e. The average Bonchev–Trinajstić information content (AvgIpc) is 2.72. The van der Waals surface area contributed by atoms with Crippen molar-refractivity contribution in [2.45, 2.75) is 18.2 Å². The molecule has 0 unspecified atom stereocenters. The summed E-state index contributed by atoms with van der Waals surface area (Å²) in [5.74, 6) is 0.579. The molecule has 14 heteroatoms. The van der Waals surface area contributed by atoms with Crippen LogP contribution in [0.2, 0.25) is 0 Å². The van der Waals surface area contributed by atoms with E-state index >= 15 is 0 Å². The first kappa shape index (κ1) is 27.0. The average molecular weight is 484 g/mol. The zero-order valence-corrected chi connectivity index (χ0v) is 18.8. The van der Waals surface area contributed by atoms with E-state index in [1.54, 1.807) is 37.3 Å². The molecule has 0 fully saturated rings. The quantitative estimate of drug-likeness (QED) is 0.112. The fourth-order valence-corrected chi connectivity index (χ4v) is 3.60. The van der Waals surface area contributed by atoms with Gasteiger partial charge in [-0.3, -0.25) is 5.41 Å². The van der Waals surface area contributed by atoms with Crippen LogP contribution in [0.4, 0.5) is 0 Å². The smallest absolute Gasteiger partial charge is 0.342 e. The van der Waals surface area contributed by atoms with Gasteiger partial charge in [-0.15, -0.1) is 10.1 Å². The summed E-state index contributed by atoms with van der Waals surface area (Å²) in [7, 11) is -2.69. The third-order valence-electron chi connectivity index (χ3n) is 3.80. The van der Waals surface area contributed by atoms with Crippen LogP contribution in [0.15, 0.2) is 52.5 Å². The minimum Gasteiger partial charge on any atom is -0.495 e. The number of ether oxygens (including phenoxy) is 2. The van der Waals surface area contributed by atoms with E-state index < -0.39 is 15.2 Å². The summed E-state index contributed by atoms with van der Waals surface area (Å²) in [5.41, 5.74) is 6.13. The van der Waals surface area contributed by atoms with Gasteiger partial charge in [-0.05, 0) is 36.8 Å². The van der Waals surface area contributed by atoms with Crippen LogP contribution in [0.1, 0.15) is 12.0 Å². The number of nitrogens with two attached hydrogens (primary N) is 1. The molecule has 0 heterocycles. The van der Waals surface area contributed by atoms with E-state index in [1.807, 2.05) is 0 Å². The van der Waals surface area contributed by atoms with Crippen LogP contribution in [0.3, 0.4) is 0 Å². The highest BCUT2D eigenvalue weighted by molar-refractivity contribution is 7.87. The summed E-state index contributed by atoms with van der Waals surface area (Å²) in [6.45, 7) is 5.82. The molecule has 4 N–H and O–H groups in total. The SMILES string of the molecule is C=NN(CCCOc1cc(C)cc(OS(=O)(=O)c2ccccc2OC)c1)C(=N)N.O=[N+]([O-])O. The van der Waals surface area contributed by atoms with Gasteiger partial charge in [0.15, 0.2) is 0 Å². The molecule has 0 aromatic heterocycles. The molecule has 0 aliphatic rings. The van der Waals surface area contributed by atoms with Gasteiger partial charge < -0.3 is 24.6 Å². The summed E-state index contributed by atoms with van der Waals surface area (Å²) < 4.78 is 41.3. The van der Waals surface area contributed by atoms with Gasteiger partial charge in [0, 0.05) is 25.7 Å². The number of methoxy groups -OCH3 is 1. The van der Waals surface area contributed by atoms with Crippen molar-refractivity contribution < 1.29 is 32.4 Å². The fourth-order valence-electron chi connectivity index (χ4n) is 2.51. The van der Waals surface area contributed by atoms with Gasteiger partial charge in [-0.1, -0.05) is 12.1 Å². The largest absolute Gasteiger partial charge is 0.495 e. The lowest BCUT2D eigenvalue weighted by molar-refractivity contribution is -0.742. The Bertz CT molecular complexity index is 1070. The number of para-hydroxylation sites is 1. The number of hydrazone groups is 1. The first-order valence-corrected chi connectivity index (χ1v) is 10.6. The highest BCUT2D eigenvalue weighted by atomic mass is 32.2. The fraction of sp³-hybridized carbons (Fsp3) is 0.263. The van der Waals surface area contributed by atoms with Crippen LogP contribution in [0.25, 0.3) is 0 Å². The summed E-state index contributed by atoms with van der Waals surface area (Å²) in [4.78, 5) is 8.30. The maximum absolute atomic E-state index is 12.6. The second-order valence-electron chi connectivity index (χ2n) is 6.26. The molecule has 0 atom stereocenters. The maximum atomic E-state index is 12.6. The van der Waals surface area contributed by atoms with Crippen molar-refractivity contribution in [2.24, 2.45) is 10.8 Å². The molecule has 0 saturated heterocycles. The highest BCUT2D eigenvalue weighted by Crippen LogP contribution is 2.29. The molecule has 0 aliphatic heterocycles. The number of guanidine groups is 1. The van der Waals surface area contributed by atoms with Crippen molar-refractivity contribution in [1.29, 1.82) is 5.41 Å². The third-order valence-corrected chi connectivity index (χ3v) is 5.09. The number of nitrogens with zero attached hydrogens (tertiary/aromatic N) is 3. The lowest BCUT2D eigenvalue weighted by Crippen LogP contribution is -2.33. The van der Waals surface area contributed by atoms with Crippen molar-refractivity contribution >= 4 is 22.8 Å². The minimum atomic E-state index is -4.08. The van der Waals surface area contributed by atoms with Crippen LogP contribution in [-0.4, -0.2) is 56.7 Å². The molecule has 0 radical (unpaired) electrons. The van der Waals surface area contributed by atoms with Gasteiger partial charge in [0.25, 0.3) is 5.09 Å². The zero-order chi connectivity index (χ0) is 25.0. The standard InChI is InChI=1S/C19H24N4O5S.HNO3/c1-14-11-15(27-10-6-9-23(22-2)19(20)21)13-16(12-14)28-29(24,25)18-8-5-4-7-17(18)26-3;2-1(3)4/h4-5,7-8,11-13H,2,6,9-10H2,1,3H3,(H3,20,21);(H,2,3,4). The van der Waals surface area contributed by atoms with E-state index in [0.717, 1.165) is 5.56 Å². The monoisotopic (exact) mass is 483 g/mol. The molecule has 33 heavy (non-hydrogen) atoms. The molecule has 13 nitrogen and oxygen atoms in total. The van der Waals surface area contributed by atoms with E-state index in [4.69, 9.17) is 40.1 Å². The molecule has 2 aromatic carbocycles. The Morgan fingerprint density at radius 2 is 1.91 bits per heavy atom. The van der Waals surface area contributed by atoms with Crippen molar-refractivity contribution in [3.05, 3.63) is 58.1 Å². The highest BCUT2D eigenvalue weighted by Gasteiger charge is 2.22. The molecule has 0 spiro atoms. The molecule has 0 bridgehead atoms. The molecule has 0 amide bonds. The number of nitrogens with one attached hydrogen (secondary N) is 1. The Balaban J connectivity index is 0.00000125. The number of hydrogen-bond donors (Lipinski definition) is 3. The van der Waals surface area contributed by atoms with Crippen molar-refractivity contribution in [2.75, 3.05) is 20.3 Å². The Labute approximate surface area is 190 Å². The second-order valence-corrected chi connectivity index (χ2v) is 7.77. The van der Waals surface area contributed by atoms with Crippen LogP contribution in [-0.2, 0) is 10.1 Å². The van der Waals surface area contributed by atoms with Crippen LogP contribution in [0, 0.1) is 22.4 Å². The van der Waals surface area contributed by atoms with Crippen molar-refractivity contribution in [1.82, 2.24) is 5.01 Å². The molecule has 0 saturated carbocycles. The molecule has 0 aliphatic carbocycles. The molecular weight excluding hydrogens is 458 g/mol. The van der Waals surface area contributed by atoms with Crippen LogP contribution < -0.4 is 19.4 Å². The minimum absolute atomic E-state index is 0.0623. The first-order valence-electron chi connectivity index (χ1n) is 9.23. The van der Waals surface area contributed by atoms with Crippen LogP contribution >= 0.6 is 0 Å². The number of hydrogen-bond acceptors (Lipinski definition) is 9. The van der Waals surface area contributed by atoms with E-state index in [1.165, 1.54) is 24.3 Å². The number of aryl methyl sites for hydroxylation is 1. The molecule has 2 rings (SSSR count). The van der Waals surface area contributed by atoms with E-state index in [2.05, 4.69) is 11.8 Å². The first-order chi connectivity index (χ1) is 15.5. The van der Waals surface area contributed by atoms with Gasteiger partial charge in [-0.2, -0.15) is 13.5 Å². The second kappa shape index (κ2) is 12.7. The Kier molecular flexibility index (Phi) is 10.4. The van der Waals surface area contributed by atoms with Crippen LogP contribution in [0.5, 0.6) is 17.2 Å². The number of rotatable bonds is 10. The summed E-state index contributed by atoms with van der Waals surface area (Å²) >= 11 is 0. The summed E-state index contributed by atoms with van der Waals surface area (Å²) in [5, 5.41) is 25.8. The van der Waals surface area contributed by atoms with Gasteiger partial charge >= 0.3 is 10.1 Å². The molecule has 180 valence electrons. The zero-order valence-electron chi connectivity index (χ0n) is 18.0. The van der Waals surface area contributed by atoms with Gasteiger partial charge in [0.1, 0.15) is 22.1 Å². The molecule has 2 aromatic rings. The number of benzene rings is 2. The van der Waals surface area contributed by atoms with Gasteiger partial charge in [0.2, 0.25) is 5.96 Å². The van der Waals surface area contributed by atoms with E-state index in [0.29, 0.717) is 25.3 Å². The van der Waals surface area contributed by atoms with Crippen molar-refractivity contribution in [3.63, 3.8) is 0 Å². The predicted octanol–water partition coefficient (Wildman–Crippen LogP) is 2.00. The normalized spacial score (nSPS) is 10.2. The topological polar surface area (TPSA) is 191 Å². The summed E-state index contributed by atoms with van der Waals surface area (Å²) in [6, 6.07) is 11.1. The Morgan fingerprint density at radius 3 is 2.48 bits per heavy atom.